The fourth-order valence-corrected chi connectivity index (χ4v) is 1.95. The summed E-state index contributed by atoms with van der Waals surface area (Å²) in [6.07, 6.45) is 1.40. The second-order valence-electron chi connectivity index (χ2n) is 4.10. The van der Waals surface area contributed by atoms with Crippen LogP contribution >= 0.6 is 0 Å². The predicted octanol–water partition coefficient (Wildman–Crippen LogP) is -0.193. The highest BCUT2D eigenvalue weighted by molar-refractivity contribution is 4.95. The zero-order valence-corrected chi connectivity index (χ0v) is 9.20. The Labute approximate surface area is 86.0 Å². The highest BCUT2D eigenvalue weighted by Gasteiger charge is 2.38. The Balaban J connectivity index is 2.46. The first-order chi connectivity index (χ1) is 6.62. The number of nitrogens with zero attached hydrogens (tertiary/aromatic N) is 1. The summed E-state index contributed by atoms with van der Waals surface area (Å²) >= 11 is 0. The fourth-order valence-electron chi connectivity index (χ4n) is 1.95. The lowest BCUT2D eigenvalue weighted by Gasteiger charge is -2.42. The lowest BCUT2D eigenvalue weighted by Crippen LogP contribution is -2.59. The van der Waals surface area contributed by atoms with Gasteiger partial charge in [0.25, 0.3) is 0 Å². The number of hydrogen-bond acceptors (Lipinski definition) is 4. The molecule has 0 aromatic carbocycles. The van der Waals surface area contributed by atoms with E-state index in [1.165, 1.54) is 0 Å². The van der Waals surface area contributed by atoms with Gasteiger partial charge in [-0.1, -0.05) is 6.92 Å². The van der Waals surface area contributed by atoms with Crippen LogP contribution in [0.2, 0.25) is 0 Å². The third kappa shape index (κ3) is 2.67. The third-order valence-electron chi connectivity index (χ3n) is 3.19. The summed E-state index contributed by atoms with van der Waals surface area (Å²) in [6, 6.07) is -0.147. The van der Waals surface area contributed by atoms with Crippen molar-refractivity contribution in [3.05, 3.63) is 0 Å². The largest absolute Gasteiger partial charge is 0.388 e. The number of piperidine rings is 1. The molecule has 0 aromatic rings. The maximum Gasteiger partial charge on any atom is 0.0844 e. The molecule has 0 bridgehead atoms. The van der Waals surface area contributed by atoms with E-state index < -0.39 is 5.60 Å². The van der Waals surface area contributed by atoms with E-state index in [1.54, 1.807) is 7.11 Å². The molecule has 2 unspecified atom stereocenters. The second-order valence-corrected chi connectivity index (χ2v) is 4.10. The van der Waals surface area contributed by atoms with Gasteiger partial charge in [0, 0.05) is 39.3 Å². The summed E-state index contributed by atoms with van der Waals surface area (Å²) in [4.78, 5) is 2.27. The average Bonchev–Trinajstić information content (AvgIpc) is 2.19. The third-order valence-corrected chi connectivity index (χ3v) is 3.19. The zero-order chi connectivity index (χ0) is 10.6. The summed E-state index contributed by atoms with van der Waals surface area (Å²) in [5.41, 5.74) is 5.25. The number of hydrogen-bond donors (Lipinski definition) is 2. The Bertz CT molecular complexity index is 178. The molecular formula is C10H22N2O2. The maximum absolute atomic E-state index is 10.3. The van der Waals surface area contributed by atoms with Gasteiger partial charge in [-0.3, -0.25) is 0 Å². The first-order valence-electron chi connectivity index (χ1n) is 5.31. The van der Waals surface area contributed by atoms with Gasteiger partial charge in [0.05, 0.1) is 5.60 Å². The normalized spacial score (nSPS) is 34.7. The predicted molar refractivity (Wildman–Crippen MR) is 56.1 cm³/mol. The minimum Gasteiger partial charge on any atom is -0.388 e. The number of ether oxygens (including phenoxy) is 1. The van der Waals surface area contributed by atoms with Crippen LogP contribution in [0.15, 0.2) is 0 Å². The molecule has 0 saturated carbocycles. The quantitative estimate of drug-likeness (QED) is 0.663. The van der Waals surface area contributed by atoms with Crippen LogP contribution in [0.5, 0.6) is 0 Å². The van der Waals surface area contributed by atoms with Crippen molar-refractivity contribution in [1.82, 2.24) is 4.90 Å². The van der Waals surface area contributed by atoms with Crippen molar-refractivity contribution in [3.63, 3.8) is 0 Å². The molecule has 0 aromatic heterocycles. The van der Waals surface area contributed by atoms with E-state index in [-0.39, 0.29) is 6.04 Å². The van der Waals surface area contributed by atoms with E-state index in [0.29, 0.717) is 13.0 Å². The first-order valence-corrected chi connectivity index (χ1v) is 5.31. The molecule has 1 aliphatic rings. The van der Waals surface area contributed by atoms with Crippen LogP contribution in [0.1, 0.15) is 19.8 Å². The van der Waals surface area contributed by atoms with Crippen molar-refractivity contribution in [2.45, 2.75) is 31.4 Å². The first kappa shape index (κ1) is 11.9. The van der Waals surface area contributed by atoms with E-state index in [9.17, 15) is 5.11 Å². The molecule has 1 rings (SSSR count). The van der Waals surface area contributed by atoms with Crippen LogP contribution in [0.3, 0.4) is 0 Å². The molecule has 0 amide bonds. The van der Waals surface area contributed by atoms with Crippen LogP contribution in [-0.2, 0) is 4.74 Å². The van der Waals surface area contributed by atoms with E-state index in [0.717, 1.165) is 26.1 Å². The molecule has 0 spiro atoms. The molecule has 4 nitrogen and oxygen atoms in total. The van der Waals surface area contributed by atoms with Crippen LogP contribution in [0.4, 0.5) is 0 Å². The minimum absolute atomic E-state index is 0.147. The molecule has 1 saturated heterocycles. The van der Waals surface area contributed by atoms with Crippen LogP contribution in [0.25, 0.3) is 0 Å². The highest BCUT2D eigenvalue weighted by Crippen LogP contribution is 2.24. The van der Waals surface area contributed by atoms with Crippen molar-refractivity contribution in [3.8, 4) is 0 Å². The molecular weight excluding hydrogens is 180 g/mol. The number of likely N-dealkylation sites (tertiary alicyclic amines) is 1. The minimum atomic E-state index is -0.721. The molecule has 1 heterocycles. The summed E-state index contributed by atoms with van der Waals surface area (Å²) in [5.74, 6) is 0. The van der Waals surface area contributed by atoms with Gasteiger partial charge >= 0.3 is 0 Å². The summed E-state index contributed by atoms with van der Waals surface area (Å²) in [5, 5.41) is 10.3. The summed E-state index contributed by atoms with van der Waals surface area (Å²) in [6.45, 7) is 5.43. The lowest BCUT2D eigenvalue weighted by molar-refractivity contribution is -0.0560. The molecule has 0 radical (unpaired) electrons. The molecule has 2 atom stereocenters. The SMILES string of the molecule is CCN1CCC(O)(CCOC)C(N)C1. The van der Waals surface area contributed by atoms with Gasteiger partial charge in [-0.05, 0) is 13.0 Å². The number of aliphatic hydroxyl groups is 1. The van der Waals surface area contributed by atoms with Crippen LogP contribution in [0, 0.1) is 0 Å². The van der Waals surface area contributed by atoms with E-state index >= 15 is 0 Å². The Morgan fingerprint density at radius 2 is 2.36 bits per heavy atom. The monoisotopic (exact) mass is 202 g/mol. The molecule has 14 heavy (non-hydrogen) atoms. The Morgan fingerprint density at radius 1 is 1.64 bits per heavy atom. The molecule has 3 N–H and O–H groups in total. The lowest BCUT2D eigenvalue weighted by atomic mass is 9.84. The average molecular weight is 202 g/mol. The number of rotatable bonds is 4. The van der Waals surface area contributed by atoms with Gasteiger partial charge in [0.15, 0.2) is 0 Å². The van der Waals surface area contributed by atoms with E-state index in [2.05, 4.69) is 11.8 Å². The van der Waals surface area contributed by atoms with Crippen LogP contribution in [-0.4, -0.2) is 55.0 Å². The van der Waals surface area contributed by atoms with Gasteiger partial charge in [0.1, 0.15) is 0 Å². The highest BCUT2D eigenvalue weighted by atomic mass is 16.5. The smallest absolute Gasteiger partial charge is 0.0844 e. The van der Waals surface area contributed by atoms with Gasteiger partial charge in [-0.2, -0.15) is 0 Å². The number of likely N-dealkylation sites (N-methyl/N-ethyl adjacent to an activating group) is 1. The standard InChI is InChI=1S/C10H22N2O2/c1-3-12-6-4-10(13,5-7-14-2)9(11)8-12/h9,13H,3-8,11H2,1-2H3. The van der Waals surface area contributed by atoms with Crippen molar-refractivity contribution in [2.24, 2.45) is 5.73 Å². The number of nitrogens with two attached hydrogens (primary N) is 1. The van der Waals surface area contributed by atoms with Crippen molar-refractivity contribution in [1.29, 1.82) is 0 Å². The van der Waals surface area contributed by atoms with Crippen molar-refractivity contribution >= 4 is 0 Å². The molecule has 0 aliphatic carbocycles. The fraction of sp³-hybridized carbons (Fsp3) is 1.00. The second kappa shape index (κ2) is 5.07. The topological polar surface area (TPSA) is 58.7 Å². The van der Waals surface area contributed by atoms with E-state index in [4.69, 9.17) is 10.5 Å². The Kier molecular flexibility index (Phi) is 4.31. The molecule has 84 valence electrons. The molecule has 4 heteroatoms. The van der Waals surface area contributed by atoms with E-state index in [1.807, 2.05) is 0 Å². The van der Waals surface area contributed by atoms with Crippen LogP contribution < -0.4 is 5.73 Å². The summed E-state index contributed by atoms with van der Waals surface area (Å²) < 4.78 is 4.98. The van der Waals surface area contributed by atoms with Gasteiger partial charge in [-0.15, -0.1) is 0 Å². The molecule has 1 fully saturated rings. The van der Waals surface area contributed by atoms with Gasteiger partial charge in [-0.25, -0.2) is 0 Å². The van der Waals surface area contributed by atoms with Gasteiger partial charge < -0.3 is 20.5 Å². The van der Waals surface area contributed by atoms with Crippen molar-refractivity contribution < 1.29 is 9.84 Å². The zero-order valence-electron chi connectivity index (χ0n) is 9.20. The Morgan fingerprint density at radius 3 is 2.86 bits per heavy atom. The van der Waals surface area contributed by atoms with Crippen molar-refractivity contribution in [2.75, 3.05) is 33.4 Å². The summed E-state index contributed by atoms with van der Waals surface area (Å²) in [7, 11) is 1.65. The number of methoxy groups -OCH3 is 1. The molecule has 1 aliphatic heterocycles. The maximum atomic E-state index is 10.3. The van der Waals surface area contributed by atoms with Gasteiger partial charge in [0.2, 0.25) is 0 Å². The Hall–Kier alpha value is -0.160.